The van der Waals surface area contributed by atoms with Crippen LogP contribution in [0, 0.1) is 11.6 Å². The van der Waals surface area contributed by atoms with Crippen LogP contribution >= 0.6 is 0 Å². The number of aromatic hydroxyl groups is 1. The summed E-state index contributed by atoms with van der Waals surface area (Å²) in [6, 6.07) is 3.60. The Labute approximate surface area is 153 Å². The minimum atomic E-state index is -1.06. The predicted molar refractivity (Wildman–Crippen MR) is 91.3 cm³/mol. The van der Waals surface area contributed by atoms with E-state index in [2.05, 4.69) is 0 Å². The number of hydrogen-bond acceptors (Lipinski definition) is 5. The van der Waals surface area contributed by atoms with E-state index in [1.165, 1.54) is 21.8 Å². The highest BCUT2D eigenvalue weighted by Gasteiger charge is 2.33. The first-order valence-electron chi connectivity index (χ1n) is 8.56. The number of nitrogens with zero attached hydrogens (tertiary/aromatic N) is 3. The number of pyridine rings is 1. The number of ether oxygens (including phenoxy) is 1. The molecule has 0 radical (unpaired) electrons. The second-order valence-corrected chi connectivity index (χ2v) is 6.50. The average Bonchev–Trinajstić information content (AvgIpc) is 2.68. The molecule has 9 heteroatoms. The van der Waals surface area contributed by atoms with E-state index in [-0.39, 0.29) is 31.3 Å². The molecule has 7 nitrogen and oxygen atoms in total. The fourth-order valence-corrected chi connectivity index (χ4v) is 3.36. The average molecular weight is 377 g/mol. The lowest BCUT2D eigenvalue weighted by Gasteiger charge is -2.39. The third-order valence-electron chi connectivity index (χ3n) is 4.74. The molecule has 27 heavy (non-hydrogen) atoms. The van der Waals surface area contributed by atoms with Gasteiger partial charge in [-0.2, -0.15) is 4.39 Å². The summed E-state index contributed by atoms with van der Waals surface area (Å²) >= 11 is 0. The van der Waals surface area contributed by atoms with Gasteiger partial charge >= 0.3 is 0 Å². The van der Waals surface area contributed by atoms with E-state index in [1.54, 1.807) is 5.01 Å². The Morgan fingerprint density at radius 3 is 2.74 bits per heavy atom. The highest BCUT2D eigenvalue weighted by atomic mass is 19.2. The molecule has 0 fully saturated rings. The number of carbonyl (C=O) groups is 1. The molecule has 2 bridgehead atoms. The topological polar surface area (TPSA) is 75.0 Å². The van der Waals surface area contributed by atoms with Crippen molar-refractivity contribution in [1.82, 2.24) is 9.58 Å². The smallest absolute Gasteiger partial charge is 0.277 e. The molecule has 0 atom stereocenters. The Hall–Kier alpha value is -3.10. The summed E-state index contributed by atoms with van der Waals surface area (Å²) in [5.74, 6) is -3.30. The second-order valence-electron chi connectivity index (χ2n) is 6.50. The highest BCUT2D eigenvalue weighted by Crippen LogP contribution is 2.29. The quantitative estimate of drug-likeness (QED) is 0.754. The van der Waals surface area contributed by atoms with Crippen molar-refractivity contribution in [2.24, 2.45) is 0 Å². The normalized spacial score (nSPS) is 16.9. The maximum Gasteiger partial charge on any atom is 0.277 e. The Morgan fingerprint density at radius 1 is 1.11 bits per heavy atom. The minimum Gasteiger partial charge on any atom is -0.502 e. The minimum absolute atomic E-state index is 0.0889. The number of amides is 1. The van der Waals surface area contributed by atoms with Crippen molar-refractivity contribution in [3.63, 3.8) is 0 Å². The van der Waals surface area contributed by atoms with Crippen molar-refractivity contribution < 1.29 is 23.4 Å². The third kappa shape index (κ3) is 2.88. The largest absolute Gasteiger partial charge is 0.502 e. The van der Waals surface area contributed by atoms with Crippen LogP contribution in [0.4, 0.5) is 8.78 Å². The maximum absolute atomic E-state index is 14.3. The van der Waals surface area contributed by atoms with Crippen molar-refractivity contribution in [2.45, 2.75) is 19.4 Å². The molecule has 142 valence electrons. The van der Waals surface area contributed by atoms with Gasteiger partial charge in [-0.3, -0.25) is 19.3 Å². The van der Waals surface area contributed by atoms with Crippen molar-refractivity contribution in [1.29, 1.82) is 0 Å². The zero-order chi connectivity index (χ0) is 19.1. The Kier molecular flexibility index (Phi) is 4.21. The van der Waals surface area contributed by atoms with Crippen LogP contribution in [0.2, 0.25) is 0 Å². The van der Waals surface area contributed by atoms with Gasteiger partial charge in [0.05, 0.1) is 13.2 Å². The summed E-state index contributed by atoms with van der Waals surface area (Å²) in [7, 11) is 0. The van der Waals surface area contributed by atoms with Gasteiger partial charge in [0, 0.05) is 24.4 Å². The molecule has 1 aromatic carbocycles. The lowest BCUT2D eigenvalue weighted by molar-refractivity contribution is 0.0681. The lowest BCUT2D eigenvalue weighted by atomic mass is 10.1. The fraction of sp³-hybridized carbons (Fsp3) is 0.333. The van der Waals surface area contributed by atoms with Gasteiger partial charge in [-0.05, 0) is 18.9 Å². The Balaban J connectivity index is 1.85. The summed E-state index contributed by atoms with van der Waals surface area (Å²) in [5, 5.41) is 11.8. The maximum atomic E-state index is 14.3. The molecule has 0 saturated carbocycles. The SMILES string of the molecule is O=C1c2c(O)c(=O)ccn2N2Cc3ccc(F)c(F)c3OCCCCN1C2. The van der Waals surface area contributed by atoms with Gasteiger partial charge in [-0.15, -0.1) is 0 Å². The van der Waals surface area contributed by atoms with Gasteiger partial charge in [0.1, 0.15) is 6.67 Å². The molecule has 4 rings (SSSR count). The van der Waals surface area contributed by atoms with Crippen LogP contribution in [0.5, 0.6) is 11.5 Å². The van der Waals surface area contributed by atoms with Crippen LogP contribution < -0.4 is 15.2 Å². The molecule has 2 aromatic rings. The van der Waals surface area contributed by atoms with Crippen molar-refractivity contribution in [3.05, 3.63) is 57.5 Å². The highest BCUT2D eigenvalue weighted by molar-refractivity contribution is 5.96. The van der Waals surface area contributed by atoms with Crippen LogP contribution in [-0.4, -0.2) is 40.4 Å². The molecule has 0 spiro atoms. The molecule has 2 aliphatic heterocycles. The summed E-state index contributed by atoms with van der Waals surface area (Å²) in [4.78, 5) is 26.1. The van der Waals surface area contributed by atoms with Gasteiger partial charge in [0.15, 0.2) is 23.0 Å². The molecule has 0 saturated heterocycles. The summed E-state index contributed by atoms with van der Waals surface area (Å²) in [5.41, 5.74) is -0.398. The summed E-state index contributed by atoms with van der Waals surface area (Å²) < 4.78 is 34.8. The van der Waals surface area contributed by atoms with Crippen LogP contribution in [0.15, 0.2) is 29.2 Å². The second kappa shape index (κ2) is 6.57. The van der Waals surface area contributed by atoms with Gasteiger partial charge in [-0.1, -0.05) is 6.07 Å². The molecular formula is C18H17F2N3O4. The van der Waals surface area contributed by atoms with Crippen LogP contribution in [0.1, 0.15) is 28.9 Å². The standard InChI is InChI=1S/C18H17F2N3O4/c19-12-4-3-11-9-22-10-21(6-1-2-8-27-17(11)14(12)20)18(26)15-16(25)13(24)5-7-23(15)22/h3-5,7,25H,1-2,6,8-10H2. The van der Waals surface area contributed by atoms with E-state index >= 15 is 0 Å². The first-order valence-corrected chi connectivity index (χ1v) is 8.56. The number of fused-ring (bicyclic) bond motifs is 5. The monoisotopic (exact) mass is 377 g/mol. The Morgan fingerprint density at radius 2 is 1.93 bits per heavy atom. The number of rotatable bonds is 0. The zero-order valence-corrected chi connectivity index (χ0v) is 14.3. The molecule has 2 aliphatic rings. The van der Waals surface area contributed by atoms with E-state index in [1.807, 2.05) is 0 Å². The first kappa shape index (κ1) is 17.3. The van der Waals surface area contributed by atoms with Gasteiger partial charge < -0.3 is 14.7 Å². The van der Waals surface area contributed by atoms with E-state index in [0.29, 0.717) is 24.9 Å². The molecule has 1 N–H and O–H groups in total. The molecular weight excluding hydrogens is 360 g/mol. The Bertz CT molecular complexity index is 976. The van der Waals surface area contributed by atoms with Crippen molar-refractivity contribution >= 4 is 5.91 Å². The summed E-state index contributed by atoms with van der Waals surface area (Å²) in [6.45, 7) is 0.831. The van der Waals surface area contributed by atoms with E-state index in [0.717, 1.165) is 12.1 Å². The first-order chi connectivity index (χ1) is 13.0. The van der Waals surface area contributed by atoms with Crippen molar-refractivity contribution in [3.8, 4) is 11.5 Å². The molecule has 0 aliphatic carbocycles. The number of aromatic nitrogens is 1. The van der Waals surface area contributed by atoms with E-state index in [4.69, 9.17) is 4.74 Å². The van der Waals surface area contributed by atoms with Crippen molar-refractivity contribution in [2.75, 3.05) is 24.8 Å². The lowest BCUT2D eigenvalue weighted by Crippen LogP contribution is -2.53. The molecule has 0 unspecified atom stereocenters. The third-order valence-corrected chi connectivity index (χ3v) is 4.74. The fourth-order valence-electron chi connectivity index (χ4n) is 3.36. The van der Waals surface area contributed by atoms with Gasteiger partial charge in [0.25, 0.3) is 5.91 Å². The van der Waals surface area contributed by atoms with E-state index in [9.17, 15) is 23.5 Å². The van der Waals surface area contributed by atoms with Crippen LogP contribution in [-0.2, 0) is 6.54 Å². The number of benzene rings is 1. The number of carbonyl (C=O) groups excluding carboxylic acids is 1. The van der Waals surface area contributed by atoms with Crippen LogP contribution in [0.3, 0.4) is 0 Å². The van der Waals surface area contributed by atoms with Crippen LogP contribution in [0.25, 0.3) is 0 Å². The number of halogens is 2. The molecule has 1 aromatic heterocycles. The summed E-state index contributed by atoms with van der Waals surface area (Å²) in [6.07, 6.45) is 2.49. The van der Waals surface area contributed by atoms with Gasteiger partial charge in [0.2, 0.25) is 11.2 Å². The van der Waals surface area contributed by atoms with E-state index < -0.39 is 28.7 Å². The zero-order valence-electron chi connectivity index (χ0n) is 14.3. The van der Waals surface area contributed by atoms with Gasteiger partial charge in [-0.25, -0.2) is 4.39 Å². The molecule has 3 heterocycles. The number of hydrogen-bond donors (Lipinski definition) is 1. The molecule has 1 amide bonds. The predicted octanol–water partition coefficient (Wildman–Crippen LogP) is 1.56.